The molecule has 0 heterocycles. The third kappa shape index (κ3) is 5.47. The monoisotopic (exact) mass is 363 g/mol. The maximum absolute atomic E-state index is 11.6. The Hall–Kier alpha value is -3.13. The second kappa shape index (κ2) is 8.65. The molecule has 1 N–H and O–H groups in total. The minimum absolute atomic E-state index is 0.141. The van der Waals surface area contributed by atoms with Crippen molar-refractivity contribution in [2.75, 3.05) is 13.7 Å². The van der Waals surface area contributed by atoms with Gasteiger partial charge in [-0.2, -0.15) is 5.10 Å². The number of nitro benzene ring substituents is 1. The van der Waals surface area contributed by atoms with Crippen LogP contribution in [0.2, 0.25) is 5.02 Å². The summed E-state index contributed by atoms with van der Waals surface area (Å²) in [6, 6.07) is 10.9. The molecular weight excluding hydrogens is 350 g/mol. The summed E-state index contributed by atoms with van der Waals surface area (Å²) in [6.45, 7) is -0.234. The lowest BCUT2D eigenvalue weighted by Gasteiger charge is -2.05. The van der Waals surface area contributed by atoms with Gasteiger partial charge in [-0.25, -0.2) is 5.43 Å². The van der Waals surface area contributed by atoms with Crippen LogP contribution in [0.3, 0.4) is 0 Å². The van der Waals surface area contributed by atoms with Crippen LogP contribution in [0.4, 0.5) is 5.69 Å². The van der Waals surface area contributed by atoms with Crippen LogP contribution in [0.25, 0.3) is 0 Å². The van der Waals surface area contributed by atoms with Crippen molar-refractivity contribution in [2.45, 2.75) is 0 Å². The van der Waals surface area contributed by atoms with E-state index in [1.807, 2.05) is 0 Å². The second-order valence-corrected chi connectivity index (χ2v) is 5.16. The number of hydrogen-bond donors (Lipinski definition) is 1. The fourth-order valence-electron chi connectivity index (χ4n) is 1.82. The van der Waals surface area contributed by atoms with Gasteiger partial charge in [-0.05, 0) is 36.4 Å². The van der Waals surface area contributed by atoms with Gasteiger partial charge in [0.15, 0.2) is 12.4 Å². The van der Waals surface area contributed by atoms with Gasteiger partial charge in [0.2, 0.25) is 0 Å². The van der Waals surface area contributed by atoms with Crippen molar-refractivity contribution in [2.24, 2.45) is 5.10 Å². The van der Waals surface area contributed by atoms with Gasteiger partial charge in [-0.3, -0.25) is 14.9 Å². The van der Waals surface area contributed by atoms with E-state index in [1.165, 1.54) is 25.5 Å². The number of nitro groups is 1. The van der Waals surface area contributed by atoms with E-state index in [-0.39, 0.29) is 18.0 Å². The van der Waals surface area contributed by atoms with Crippen molar-refractivity contribution < 1.29 is 19.2 Å². The first-order chi connectivity index (χ1) is 12.0. The summed E-state index contributed by atoms with van der Waals surface area (Å²) in [6.07, 6.45) is 1.28. The molecule has 8 nitrogen and oxygen atoms in total. The van der Waals surface area contributed by atoms with Crippen LogP contribution in [0.5, 0.6) is 11.5 Å². The molecule has 2 rings (SSSR count). The Balaban J connectivity index is 1.89. The Morgan fingerprint density at radius 2 is 2.04 bits per heavy atom. The second-order valence-electron chi connectivity index (χ2n) is 4.72. The Labute approximate surface area is 148 Å². The van der Waals surface area contributed by atoms with Crippen molar-refractivity contribution in [3.8, 4) is 11.5 Å². The average molecular weight is 364 g/mol. The van der Waals surface area contributed by atoms with Gasteiger partial charge in [0.1, 0.15) is 5.75 Å². The Bertz CT molecular complexity index is 793. The summed E-state index contributed by atoms with van der Waals surface area (Å²) >= 11 is 5.75. The third-order valence-electron chi connectivity index (χ3n) is 2.99. The number of carbonyl (C=O) groups excluding carboxylic acids is 1. The summed E-state index contributed by atoms with van der Waals surface area (Å²) in [5, 5.41) is 15.2. The molecule has 9 heteroatoms. The Morgan fingerprint density at radius 1 is 1.32 bits per heavy atom. The van der Waals surface area contributed by atoms with E-state index in [0.717, 1.165) is 0 Å². The molecule has 0 unspecified atom stereocenters. The number of ether oxygens (including phenoxy) is 2. The van der Waals surface area contributed by atoms with E-state index in [0.29, 0.717) is 16.3 Å². The molecule has 0 atom stereocenters. The highest BCUT2D eigenvalue weighted by molar-refractivity contribution is 6.30. The first kappa shape index (κ1) is 18.2. The molecule has 0 aliphatic carbocycles. The minimum atomic E-state index is -0.561. The number of carbonyl (C=O) groups is 1. The maximum Gasteiger partial charge on any atom is 0.311 e. The number of amides is 1. The molecule has 0 bridgehead atoms. The van der Waals surface area contributed by atoms with Crippen molar-refractivity contribution >= 4 is 29.4 Å². The number of hydrazone groups is 1. The summed E-state index contributed by atoms with van der Waals surface area (Å²) in [4.78, 5) is 22.0. The number of nitrogens with zero attached hydrogens (tertiary/aromatic N) is 2. The average Bonchev–Trinajstić information content (AvgIpc) is 2.61. The number of hydrogen-bond acceptors (Lipinski definition) is 6. The quantitative estimate of drug-likeness (QED) is 0.463. The molecule has 0 saturated heterocycles. The van der Waals surface area contributed by atoms with Crippen molar-refractivity contribution in [3.05, 3.63) is 63.2 Å². The van der Waals surface area contributed by atoms with Gasteiger partial charge < -0.3 is 9.47 Å². The van der Waals surface area contributed by atoms with Gasteiger partial charge in [0, 0.05) is 16.7 Å². The van der Waals surface area contributed by atoms with Gasteiger partial charge in [-0.15, -0.1) is 0 Å². The van der Waals surface area contributed by atoms with Gasteiger partial charge in [0.05, 0.1) is 18.2 Å². The summed E-state index contributed by atoms with van der Waals surface area (Å²) < 4.78 is 10.2. The molecule has 0 aliphatic heterocycles. The fraction of sp³-hybridized carbons (Fsp3) is 0.125. The van der Waals surface area contributed by atoms with E-state index < -0.39 is 10.8 Å². The van der Waals surface area contributed by atoms with Gasteiger partial charge >= 0.3 is 5.69 Å². The summed E-state index contributed by atoms with van der Waals surface area (Å²) in [5.41, 5.74) is 2.51. The number of methoxy groups -OCH3 is 1. The lowest BCUT2D eigenvalue weighted by Crippen LogP contribution is -2.24. The highest BCUT2D eigenvalue weighted by Gasteiger charge is 2.14. The number of nitrogens with one attached hydrogen (secondary N) is 1. The molecule has 2 aromatic carbocycles. The molecule has 0 spiro atoms. The molecule has 2 aromatic rings. The summed E-state index contributed by atoms with van der Waals surface area (Å²) in [5.74, 6) is 0.158. The largest absolute Gasteiger partial charge is 0.490 e. The molecule has 0 fully saturated rings. The van der Waals surface area contributed by atoms with E-state index in [9.17, 15) is 14.9 Å². The lowest BCUT2D eigenvalue weighted by molar-refractivity contribution is -0.385. The predicted molar refractivity (Wildman–Crippen MR) is 92.3 cm³/mol. The Morgan fingerprint density at radius 3 is 2.68 bits per heavy atom. The lowest BCUT2D eigenvalue weighted by atomic mass is 10.2. The van der Waals surface area contributed by atoms with Gasteiger partial charge in [-0.1, -0.05) is 11.6 Å². The molecule has 0 radical (unpaired) electrons. The van der Waals surface area contributed by atoms with Crippen LogP contribution in [0.15, 0.2) is 47.6 Å². The maximum atomic E-state index is 11.6. The molecule has 0 aliphatic rings. The standard InChI is InChI=1S/C16H14ClN3O5/c1-24-15-7-2-11(8-14(15)20(22)23)9-18-19-16(21)10-25-13-5-3-12(17)4-6-13/h2-9H,10H2,1H3,(H,19,21)/b18-9-. The van der Waals surface area contributed by atoms with E-state index >= 15 is 0 Å². The predicted octanol–water partition coefficient (Wildman–Crippen LogP) is 2.79. The third-order valence-corrected chi connectivity index (χ3v) is 3.24. The topological polar surface area (TPSA) is 103 Å². The smallest absolute Gasteiger partial charge is 0.311 e. The number of halogens is 1. The van der Waals surface area contributed by atoms with Crippen LogP contribution < -0.4 is 14.9 Å². The first-order valence-corrected chi connectivity index (χ1v) is 7.40. The van der Waals surface area contributed by atoms with E-state index in [1.54, 1.807) is 30.3 Å². The van der Waals surface area contributed by atoms with Crippen LogP contribution in [0, 0.1) is 10.1 Å². The highest BCUT2D eigenvalue weighted by atomic mass is 35.5. The van der Waals surface area contributed by atoms with Crippen LogP contribution in [0.1, 0.15) is 5.56 Å². The van der Waals surface area contributed by atoms with Gasteiger partial charge in [0.25, 0.3) is 5.91 Å². The molecule has 25 heavy (non-hydrogen) atoms. The normalized spacial score (nSPS) is 10.5. The van der Waals surface area contributed by atoms with Crippen LogP contribution in [-0.2, 0) is 4.79 Å². The number of rotatable bonds is 7. The van der Waals surface area contributed by atoms with Crippen LogP contribution in [-0.4, -0.2) is 30.8 Å². The van der Waals surface area contributed by atoms with Crippen molar-refractivity contribution in [1.29, 1.82) is 0 Å². The molecule has 0 aromatic heterocycles. The summed E-state index contributed by atoms with van der Waals surface area (Å²) in [7, 11) is 1.34. The minimum Gasteiger partial charge on any atom is -0.490 e. The van der Waals surface area contributed by atoms with Crippen molar-refractivity contribution in [3.63, 3.8) is 0 Å². The zero-order valence-electron chi connectivity index (χ0n) is 13.1. The molecule has 130 valence electrons. The fourth-order valence-corrected chi connectivity index (χ4v) is 1.95. The van der Waals surface area contributed by atoms with Crippen molar-refractivity contribution in [1.82, 2.24) is 5.43 Å². The first-order valence-electron chi connectivity index (χ1n) is 7.02. The SMILES string of the molecule is COc1ccc(/C=N\NC(=O)COc2ccc(Cl)cc2)cc1[N+](=O)[O-]. The van der Waals surface area contributed by atoms with E-state index in [2.05, 4.69) is 10.5 Å². The highest BCUT2D eigenvalue weighted by Crippen LogP contribution is 2.26. The van der Waals surface area contributed by atoms with E-state index in [4.69, 9.17) is 21.1 Å². The number of benzene rings is 2. The molecule has 0 saturated carbocycles. The Kier molecular flexibility index (Phi) is 6.30. The molecular formula is C16H14ClN3O5. The zero-order chi connectivity index (χ0) is 18.2. The molecule has 1 amide bonds. The van der Waals surface area contributed by atoms with Crippen LogP contribution >= 0.6 is 11.6 Å². The zero-order valence-corrected chi connectivity index (χ0v) is 13.9.